The van der Waals surface area contributed by atoms with E-state index in [0.717, 1.165) is 11.6 Å². The Bertz CT molecular complexity index is 1240. The Kier molecular flexibility index (Phi) is 6.00. The summed E-state index contributed by atoms with van der Waals surface area (Å²) in [5.74, 6) is -1.96. The number of para-hydroxylation sites is 1. The maximum Gasteiger partial charge on any atom is 0.336 e. The zero-order chi connectivity index (χ0) is 22.7. The molecule has 0 radical (unpaired) electrons. The van der Waals surface area contributed by atoms with Crippen LogP contribution in [-0.4, -0.2) is 17.8 Å². The highest BCUT2D eigenvalue weighted by atomic mass is 35.5. The second kappa shape index (κ2) is 9.03. The fourth-order valence-electron chi connectivity index (χ4n) is 3.11. The molecule has 6 nitrogen and oxygen atoms in total. The van der Waals surface area contributed by atoms with Crippen LogP contribution in [0.3, 0.4) is 0 Å². The van der Waals surface area contributed by atoms with Crippen LogP contribution in [0.2, 0.25) is 5.02 Å². The number of nitrogens with zero attached hydrogens (tertiary/aromatic N) is 1. The average molecular weight is 451 g/mol. The zero-order valence-corrected chi connectivity index (χ0v) is 17.3. The van der Waals surface area contributed by atoms with Crippen LogP contribution in [0.5, 0.6) is 5.75 Å². The Labute approximate surface area is 187 Å². The summed E-state index contributed by atoms with van der Waals surface area (Å²) in [7, 11) is 0. The summed E-state index contributed by atoms with van der Waals surface area (Å²) in [6, 6.07) is 18.3. The molecule has 1 saturated heterocycles. The first-order valence-corrected chi connectivity index (χ1v) is 9.94. The van der Waals surface area contributed by atoms with Crippen molar-refractivity contribution in [3.8, 4) is 5.75 Å². The lowest BCUT2D eigenvalue weighted by molar-refractivity contribution is -0.122. The lowest BCUT2D eigenvalue weighted by Gasteiger charge is -2.26. The van der Waals surface area contributed by atoms with E-state index in [2.05, 4.69) is 5.32 Å². The number of barbiturate groups is 1. The van der Waals surface area contributed by atoms with E-state index in [1.807, 2.05) is 18.2 Å². The number of benzene rings is 3. The van der Waals surface area contributed by atoms with Gasteiger partial charge in [0.05, 0.1) is 5.69 Å². The number of amides is 4. The van der Waals surface area contributed by atoms with Crippen molar-refractivity contribution in [2.45, 2.75) is 6.61 Å². The highest BCUT2D eigenvalue weighted by molar-refractivity contribution is 6.39. The first-order valence-electron chi connectivity index (χ1n) is 9.56. The second-order valence-electron chi connectivity index (χ2n) is 6.86. The Morgan fingerprint density at radius 2 is 1.62 bits per heavy atom. The predicted molar refractivity (Wildman–Crippen MR) is 118 cm³/mol. The van der Waals surface area contributed by atoms with Crippen molar-refractivity contribution in [1.29, 1.82) is 0 Å². The molecule has 1 heterocycles. The summed E-state index contributed by atoms with van der Waals surface area (Å²) in [5.41, 5.74) is 0.827. The Morgan fingerprint density at radius 1 is 0.938 bits per heavy atom. The van der Waals surface area contributed by atoms with Crippen LogP contribution in [0.15, 0.2) is 78.4 Å². The maximum absolute atomic E-state index is 14.1. The molecule has 0 unspecified atom stereocenters. The summed E-state index contributed by atoms with van der Waals surface area (Å²) >= 11 is 6.12. The quantitative estimate of drug-likeness (QED) is 0.450. The highest BCUT2D eigenvalue weighted by Gasteiger charge is 2.37. The number of carbonyl (C=O) groups excluding carboxylic acids is 3. The minimum Gasteiger partial charge on any atom is -0.489 e. The van der Waals surface area contributed by atoms with E-state index < -0.39 is 23.7 Å². The van der Waals surface area contributed by atoms with Gasteiger partial charge in [0, 0.05) is 10.6 Å². The van der Waals surface area contributed by atoms with Gasteiger partial charge in [-0.05, 0) is 42.0 Å². The Hall–Kier alpha value is -3.97. The van der Waals surface area contributed by atoms with Gasteiger partial charge in [-0.2, -0.15) is 0 Å². The second-order valence-corrected chi connectivity index (χ2v) is 7.27. The summed E-state index contributed by atoms with van der Waals surface area (Å²) in [5, 5.41) is 2.67. The Balaban J connectivity index is 1.54. The van der Waals surface area contributed by atoms with Gasteiger partial charge in [0.2, 0.25) is 0 Å². The van der Waals surface area contributed by atoms with Gasteiger partial charge in [-0.3, -0.25) is 14.9 Å². The number of anilines is 1. The molecule has 0 aliphatic carbocycles. The SMILES string of the molecule is O=C1NC(=O)N(c2ccccc2F)C(=O)/C1=C\c1ccc(OCc2ccccc2Cl)cc1. The van der Waals surface area contributed by atoms with Crippen LogP contribution >= 0.6 is 11.6 Å². The van der Waals surface area contributed by atoms with Crippen LogP contribution in [0.4, 0.5) is 14.9 Å². The fourth-order valence-corrected chi connectivity index (χ4v) is 3.30. The number of halogens is 2. The molecule has 0 saturated carbocycles. The molecule has 8 heteroatoms. The normalized spacial score (nSPS) is 15.1. The van der Waals surface area contributed by atoms with Crippen LogP contribution in [0.1, 0.15) is 11.1 Å². The van der Waals surface area contributed by atoms with Gasteiger partial charge < -0.3 is 4.74 Å². The topological polar surface area (TPSA) is 75.7 Å². The number of ether oxygens (including phenoxy) is 1. The number of rotatable bonds is 5. The highest BCUT2D eigenvalue weighted by Crippen LogP contribution is 2.25. The molecule has 1 aliphatic rings. The molecular formula is C24H16ClFN2O4. The molecule has 32 heavy (non-hydrogen) atoms. The number of hydrogen-bond donors (Lipinski definition) is 1. The average Bonchev–Trinajstić information content (AvgIpc) is 2.78. The van der Waals surface area contributed by atoms with Crippen molar-refractivity contribution in [1.82, 2.24) is 5.32 Å². The molecule has 1 fully saturated rings. The lowest BCUT2D eigenvalue weighted by Crippen LogP contribution is -2.54. The summed E-state index contributed by atoms with van der Waals surface area (Å²) < 4.78 is 19.9. The van der Waals surface area contributed by atoms with Crippen LogP contribution < -0.4 is 15.0 Å². The molecule has 0 spiro atoms. The predicted octanol–water partition coefficient (Wildman–Crippen LogP) is 4.72. The van der Waals surface area contributed by atoms with Crippen molar-refractivity contribution in [2.75, 3.05) is 4.90 Å². The van der Waals surface area contributed by atoms with Gasteiger partial charge in [0.15, 0.2) is 0 Å². The first kappa shape index (κ1) is 21.3. The molecule has 3 aromatic rings. The van der Waals surface area contributed by atoms with E-state index in [0.29, 0.717) is 21.2 Å². The van der Waals surface area contributed by atoms with Gasteiger partial charge in [0.1, 0.15) is 23.7 Å². The number of hydrogen-bond acceptors (Lipinski definition) is 4. The summed E-state index contributed by atoms with van der Waals surface area (Å²) in [6.07, 6.45) is 1.33. The van der Waals surface area contributed by atoms with Gasteiger partial charge in [-0.15, -0.1) is 0 Å². The van der Waals surface area contributed by atoms with E-state index in [4.69, 9.17) is 16.3 Å². The molecule has 0 aromatic heterocycles. The van der Waals surface area contributed by atoms with Crippen molar-refractivity contribution in [3.63, 3.8) is 0 Å². The number of urea groups is 1. The van der Waals surface area contributed by atoms with E-state index >= 15 is 0 Å². The third-order valence-corrected chi connectivity index (χ3v) is 5.11. The molecule has 160 valence electrons. The van der Waals surface area contributed by atoms with Crippen molar-refractivity contribution < 1.29 is 23.5 Å². The van der Waals surface area contributed by atoms with Crippen LogP contribution in [0, 0.1) is 5.82 Å². The molecule has 4 rings (SSSR count). The Morgan fingerprint density at radius 3 is 2.34 bits per heavy atom. The maximum atomic E-state index is 14.1. The minimum atomic E-state index is -1.01. The van der Waals surface area contributed by atoms with E-state index in [-0.39, 0.29) is 17.9 Å². The molecule has 0 bridgehead atoms. The van der Waals surface area contributed by atoms with E-state index in [9.17, 15) is 18.8 Å². The number of nitrogens with one attached hydrogen (secondary N) is 1. The number of imide groups is 2. The van der Waals surface area contributed by atoms with Gasteiger partial charge in [-0.25, -0.2) is 14.1 Å². The monoisotopic (exact) mass is 450 g/mol. The summed E-state index contributed by atoms with van der Waals surface area (Å²) in [6.45, 7) is 0.278. The summed E-state index contributed by atoms with van der Waals surface area (Å²) in [4.78, 5) is 37.9. The van der Waals surface area contributed by atoms with Crippen molar-refractivity contribution in [2.24, 2.45) is 0 Å². The van der Waals surface area contributed by atoms with Gasteiger partial charge in [-0.1, -0.05) is 54.1 Å². The standard InChI is InChI=1S/C24H16ClFN2O4/c25-19-6-2-1-5-16(19)14-32-17-11-9-15(10-12-17)13-18-22(29)27-24(31)28(23(18)30)21-8-4-3-7-20(21)26/h1-13H,14H2,(H,27,29,31)/b18-13-. The van der Waals surface area contributed by atoms with Crippen molar-refractivity contribution >= 4 is 41.2 Å². The molecule has 3 aromatic carbocycles. The molecule has 1 N–H and O–H groups in total. The van der Waals surface area contributed by atoms with Crippen molar-refractivity contribution in [3.05, 3.63) is 100 Å². The molecule has 4 amide bonds. The molecule has 0 atom stereocenters. The van der Waals surface area contributed by atoms with Gasteiger partial charge in [0.25, 0.3) is 11.8 Å². The fraction of sp³-hybridized carbons (Fsp3) is 0.0417. The van der Waals surface area contributed by atoms with Crippen LogP contribution in [0.25, 0.3) is 6.08 Å². The van der Waals surface area contributed by atoms with E-state index in [1.54, 1.807) is 30.3 Å². The lowest BCUT2D eigenvalue weighted by atomic mass is 10.1. The smallest absolute Gasteiger partial charge is 0.336 e. The minimum absolute atomic E-state index is 0.239. The van der Waals surface area contributed by atoms with Gasteiger partial charge >= 0.3 is 6.03 Å². The molecular weight excluding hydrogens is 435 g/mol. The number of carbonyl (C=O) groups is 3. The first-order chi connectivity index (χ1) is 15.4. The third kappa shape index (κ3) is 4.38. The van der Waals surface area contributed by atoms with E-state index in [1.165, 1.54) is 24.3 Å². The largest absolute Gasteiger partial charge is 0.489 e. The third-order valence-electron chi connectivity index (χ3n) is 4.74. The molecule has 1 aliphatic heterocycles. The zero-order valence-electron chi connectivity index (χ0n) is 16.5. The van der Waals surface area contributed by atoms with Crippen LogP contribution in [-0.2, 0) is 16.2 Å².